The number of H-pyrrole nitrogens is 1. The molecule has 0 unspecified atom stereocenters. The number of unbranched alkanes of at least 4 members (excludes halogenated alkanes) is 1. The number of rotatable bonds is 10. The van der Waals surface area contributed by atoms with Crippen molar-refractivity contribution in [2.75, 3.05) is 18.5 Å². The van der Waals surface area contributed by atoms with Gasteiger partial charge in [0.25, 0.3) is 11.5 Å². The number of aryl methyl sites for hydroxylation is 1. The van der Waals surface area contributed by atoms with Gasteiger partial charge in [0, 0.05) is 30.5 Å². The van der Waals surface area contributed by atoms with Gasteiger partial charge in [-0.3, -0.25) is 9.59 Å². The number of nitriles is 1. The van der Waals surface area contributed by atoms with E-state index >= 15 is 0 Å². The molecule has 0 fully saturated rings. The van der Waals surface area contributed by atoms with E-state index in [2.05, 4.69) is 16.4 Å². The first kappa shape index (κ1) is 30.1. The van der Waals surface area contributed by atoms with Crippen molar-refractivity contribution < 1.29 is 18.3 Å². The lowest BCUT2D eigenvalue weighted by molar-refractivity contribution is 0.0963. The zero-order valence-corrected chi connectivity index (χ0v) is 24.5. The van der Waals surface area contributed by atoms with Crippen LogP contribution in [0.4, 0.5) is 11.4 Å². The molecule has 0 atom stereocenters. The molecular weight excluding hydrogens is 552 g/mol. The number of anilines is 2. The molecule has 1 heterocycles. The van der Waals surface area contributed by atoms with Crippen LogP contribution in [0.25, 0.3) is 11.1 Å². The van der Waals surface area contributed by atoms with Gasteiger partial charge in [0.15, 0.2) is 10.6 Å². The minimum Gasteiger partial charge on any atom is -0.504 e. The minimum atomic E-state index is -4.48. The second-order valence-electron chi connectivity index (χ2n) is 9.62. The van der Waals surface area contributed by atoms with Crippen LogP contribution in [0.3, 0.4) is 0 Å². The number of aromatic amines is 1. The number of benzene rings is 3. The quantitative estimate of drug-likeness (QED) is 0.229. The van der Waals surface area contributed by atoms with Crippen LogP contribution >= 0.6 is 0 Å². The fraction of sp³-hybridized carbons (Fsp3) is 0.219. The molecule has 0 aliphatic carbocycles. The third kappa shape index (κ3) is 5.78. The minimum absolute atomic E-state index is 0.176. The summed E-state index contributed by atoms with van der Waals surface area (Å²) in [5.74, 6) is -0.932. The molecule has 42 heavy (non-hydrogen) atoms. The molecular formula is C32H32N4O5S. The lowest BCUT2D eigenvalue weighted by Gasteiger charge is -2.27. The summed E-state index contributed by atoms with van der Waals surface area (Å²) in [6, 6.07) is 21.6. The molecule has 0 aliphatic rings. The van der Waals surface area contributed by atoms with Gasteiger partial charge in [0.2, 0.25) is 9.84 Å². The number of nitrogens with zero attached hydrogens (tertiary/aromatic N) is 2. The van der Waals surface area contributed by atoms with E-state index in [1.807, 2.05) is 13.8 Å². The van der Waals surface area contributed by atoms with Crippen molar-refractivity contribution in [3.05, 3.63) is 100.0 Å². The molecule has 0 spiro atoms. The van der Waals surface area contributed by atoms with E-state index in [-0.39, 0.29) is 16.5 Å². The predicted molar refractivity (Wildman–Crippen MR) is 162 cm³/mol. The third-order valence-electron chi connectivity index (χ3n) is 6.99. The average molecular weight is 585 g/mol. The Morgan fingerprint density at radius 3 is 2.40 bits per heavy atom. The van der Waals surface area contributed by atoms with Crippen molar-refractivity contribution in [3.63, 3.8) is 0 Å². The smallest absolute Gasteiger partial charge is 0.271 e. The Morgan fingerprint density at radius 1 is 1.05 bits per heavy atom. The van der Waals surface area contributed by atoms with E-state index < -0.39 is 26.0 Å². The summed E-state index contributed by atoms with van der Waals surface area (Å²) in [6.07, 6.45) is 1.92. The molecule has 216 valence electrons. The highest BCUT2D eigenvalue weighted by molar-refractivity contribution is 7.91. The van der Waals surface area contributed by atoms with Crippen LogP contribution in [0.15, 0.2) is 87.4 Å². The number of sulfone groups is 1. The van der Waals surface area contributed by atoms with Crippen LogP contribution in [0.2, 0.25) is 0 Å². The number of hydrogen-bond donors (Lipinski definition) is 3. The Labute approximate surface area is 245 Å². The molecule has 1 amide bonds. The molecule has 9 nitrogen and oxygen atoms in total. The van der Waals surface area contributed by atoms with Gasteiger partial charge >= 0.3 is 0 Å². The van der Waals surface area contributed by atoms with Gasteiger partial charge in [0.05, 0.1) is 16.5 Å². The maximum absolute atomic E-state index is 13.9. The van der Waals surface area contributed by atoms with E-state index in [0.717, 1.165) is 6.42 Å². The Bertz CT molecular complexity index is 1820. The number of aromatic nitrogens is 1. The van der Waals surface area contributed by atoms with Crippen LogP contribution in [-0.2, 0) is 16.3 Å². The maximum atomic E-state index is 13.9. The number of carbonyl (C=O) groups is 1. The monoisotopic (exact) mass is 584 g/mol. The van der Waals surface area contributed by atoms with Crippen LogP contribution < -0.4 is 15.8 Å². The van der Waals surface area contributed by atoms with Crippen LogP contribution in [0.1, 0.15) is 48.3 Å². The van der Waals surface area contributed by atoms with Crippen molar-refractivity contribution in [1.82, 2.24) is 10.3 Å². The molecule has 4 rings (SSSR count). The van der Waals surface area contributed by atoms with Gasteiger partial charge in [0.1, 0.15) is 5.69 Å². The normalized spacial score (nSPS) is 11.1. The molecule has 10 heteroatoms. The highest BCUT2D eigenvalue weighted by atomic mass is 32.2. The molecule has 0 radical (unpaired) electrons. The lowest BCUT2D eigenvalue weighted by Crippen LogP contribution is -2.25. The summed E-state index contributed by atoms with van der Waals surface area (Å²) < 4.78 is 27.7. The van der Waals surface area contributed by atoms with Gasteiger partial charge in [-0.1, -0.05) is 49.7 Å². The summed E-state index contributed by atoms with van der Waals surface area (Å²) in [7, 11) is -2.95. The first-order valence-corrected chi connectivity index (χ1v) is 15.1. The Kier molecular flexibility index (Phi) is 9.13. The Balaban J connectivity index is 1.86. The largest absolute Gasteiger partial charge is 0.504 e. The molecule has 3 N–H and O–H groups in total. The maximum Gasteiger partial charge on any atom is 0.271 e. The molecule has 1 aromatic heterocycles. The molecule has 0 bridgehead atoms. The zero-order valence-electron chi connectivity index (χ0n) is 23.6. The van der Waals surface area contributed by atoms with Gasteiger partial charge in [-0.2, -0.15) is 5.26 Å². The van der Waals surface area contributed by atoms with Crippen LogP contribution in [0, 0.1) is 11.3 Å². The van der Waals surface area contributed by atoms with Gasteiger partial charge in [-0.25, -0.2) is 8.42 Å². The van der Waals surface area contributed by atoms with E-state index in [1.54, 1.807) is 65.6 Å². The number of carbonyl (C=O) groups excluding carboxylic acids is 1. The first-order valence-electron chi connectivity index (χ1n) is 13.6. The van der Waals surface area contributed by atoms with E-state index in [4.69, 9.17) is 0 Å². The third-order valence-corrected chi connectivity index (χ3v) is 8.80. The zero-order chi connectivity index (χ0) is 30.4. The molecule has 3 aromatic carbocycles. The lowest BCUT2D eigenvalue weighted by atomic mass is 9.99. The van der Waals surface area contributed by atoms with Crippen molar-refractivity contribution in [1.29, 1.82) is 5.26 Å². The second kappa shape index (κ2) is 12.7. The van der Waals surface area contributed by atoms with Gasteiger partial charge in [-0.15, -0.1) is 0 Å². The highest BCUT2D eigenvalue weighted by Gasteiger charge is 2.31. The number of aromatic hydroxyl groups is 1. The summed E-state index contributed by atoms with van der Waals surface area (Å²) in [5, 5.41) is 23.5. The van der Waals surface area contributed by atoms with E-state index in [9.17, 15) is 28.4 Å². The van der Waals surface area contributed by atoms with Crippen molar-refractivity contribution >= 4 is 27.1 Å². The number of pyridine rings is 1. The molecule has 0 saturated carbocycles. The molecule has 4 aromatic rings. The van der Waals surface area contributed by atoms with Crippen LogP contribution in [0.5, 0.6) is 5.75 Å². The topological polar surface area (TPSA) is 143 Å². The van der Waals surface area contributed by atoms with E-state index in [1.165, 1.54) is 19.2 Å². The van der Waals surface area contributed by atoms with Crippen LogP contribution in [-0.4, -0.2) is 38.0 Å². The first-order chi connectivity index (χ1) is 20.2. The summed E-state index contributed by atoms with van der Waals surface area (Å²) in [4.78, 5) is 29.1. The highest BCUT2D eigenvalue weighted by Crippen LogP contribution is 2.40. The second-order valence-corrected chi connectivity index (χ2v) is 11.5. The predicted octanol–water partition coefficient (Wildman–Crippen LogP) is 5.31. The molecule has 0 saturated heterocycles. The van der Waals surface area contributed by atoms with Crippen molar-refractivity contribution in [2.45, 2.75) is 42.9 Å². The number of hydrogen-bond acceptors (Lipinski definition) is 7. The Morgan fingerprint density at radius 2 is 1.76 bits per heavy atom. The standard InChI is InChI=1S/C32H32N4O5S/c1-4-6-14-27-28(36(5-2)23-11-9-10-21(19-23)20-33)29(37)30(32(39)35-27)42(40,41)24-17-15-22(16-18-24)25-12-7-8-13-26(25)31(38)34-3/h7-13,15-19H,4-6,14H2,1-3H3,(H,34,38)(H2,35,37,39). The van der Waals surface area contributed by atoms with E-state index in [0.29, 0.717) is 53.0 Å². The van der Waals surface area contributed by atoms with Gasteiger partial charge in [-0.05, 0) is 67.3 Å². The fourth-order valence-electron chi connectivity index (χ4n) is 4.90. The molecule has 0 aliphatic heterocycles. The summed E-state index contributed by atoms with van der Waals surface area (Å²) >= 11 is 0. The summed E-state index contributed by atoms with van der Waals surface area (Å²) in [5.41, 5.74) is 2.28. The van der Waals surface area contributed by atoms with Crippen molar-refractivity contribution in [3.8, 4) is 22.9 Å². The fourth-order valence-corrected chi connectivity index (χ4v) is 6.27. The SMILES string of the molecule is CCCCc1[nH]c(=O)c(S(=O)(=O)c2ccc(-c3ccccc3C(=O)NC)cc2)c(O)c1N(CC)c1cccc(C#N)c1. The van der Waals surface area contributed by atoms with Gasteiger partial charge < -0.3 is 20.3 Å². The summed E-state index contributed by atoms with van der Waals surface area (Å²) in [6.45, 7) is 4.14. The number of amides is 1. The van der Waals surface area contributed by atoms with Crippen molar-refractivity contribution in [2.24, 2.45) is 0 Å². The average Bonchev–Trinajstić information content (AvgIpc) is 3.01. The Hall–Kier alpha value is -4.88. The number of nitrogens with one attached hydrogen (secondary N) is 2.